The zero-order valence-electron chi connectivity index (χ0n) is 35.3. The Morgan fingerprint density at radius 2 is 1.14 bits per heavy atom. The third-order valence-corrected chi connectivity index (χ3v) is 13.9. The van der Waals surface area contributed by atoms with Crippen LogP contribution < -0.4 is 0 Å². The molecule has 4 heteroatoms. The molecule has 0 saturated heterocycles. The lowest BCUT2D eigenvalue weighted by atomic mass is 9.62. The van der Waals surface area contributed by atoms with E-state index in [1.54, 1.807) is 0 Å². The van der Waals surface area contributed by atoms with Gasteiger partial charge in [0.05, 0.1) is 0 Å². The quantitative estimate of drug-likeness (QED) is 0.164. The molecule has 0 fully saturated rings. The number of rotatable bonds is 5. The van der Waals surface area contributed by atoms with E-state index in [9.17, 15) is 0 Å². The molecular formula is C54H54N4. The minimum atomic E-state index is 0.0137. The van der Waals surface area contributed by atoms with E-state index >= 15 is 0 Å². The maximum atomic E-state index is 5.55. The molecule has 1 aromatic heterocycles. The van der Waals surface area contributed by atoms with Gasteiger partial charge in [-0.25, -0.2) is 15.0 Å². The molecule has 7 aromatic rings. The second kappa shape index (κ2) is 13.5. The number of hydrogen-bond donors (Lipinski definition) is 0. The van der Waals surface area contributed by atoms with E-state index in [2.05, 4.69) is 146 Å². The second-order valence-electron chi connectivity index (χ2n) is 19.1. The molecule has 0 unspecified atom stereocenters. The highest BCUT2D eigenvalue weighted by Gasteiger charge is 2.39. The van der Waals surface area contributed by atoms with Crippen LogP contribution in [-0.4, -0.2) is 21.2 Å². The maximum absolute atomic E-state index is 5.55. The molecule has 1 aliphatic heterocycles. The highest BCUT2D eigenvalue weighted by molar-refractivity contribution is 6.23. The summed E-state index contributed by atoms with van der Waals surface area (Å²) in [7, 11) is 0. The van der Waals surface area contributed by atoms with Crippen molar-refractivity contribution in [1.82, 2.24) is 15.0 Å². The molecule has 0 spiro atoms. The molecule has 2 heterocycles. The van der Waals surface area contributed by atoms with E-state index in [0.29, 0.717) is 17.5 Å². The molecule has 0 bridgehead atoms. The van der Waals surface area contributed by atoms with Gasteiger partial charge in [0, 0.05) is 17.3 Å². The van der Waals surface area contributed by atoms with E-state index in [1.165, 1.54) is 84.1 Å². The summed E-state index contributed by atoms with van der Waals surface area (Å²) in [6, 6.07) is 34.6. The fourth-order valence-corrected chi connectivity index (χ4v) is 10.5. The number of allylic oxidation sites excluding steroid dienone is 1. The average molecular weight is 759 g/mol. The summed E-state index contributed by atoms with van der Waals surface area (Å²) >= 11 is 0. The van der Waals surface area contributed by atoms with Crippen LogP contribution in [0.15, 0.2) is 102 Å². The van der Waals surface area contributed by atoms with Gasteiger partial charge in [-0.15, -0.1) is 0 Å². The molecule has 10 rings (SSSR count). The summed E-state index contributed by atoms with van der Waals surface area (Å²) in [4.78, 5) is 21.1. The van der Waals surface area contributed by atoms with Gasteiger partial charge in [0.15, 0.2) is 17.5 Å². The SMILES string of the molecule is CCc1ccccc1-c1nc(C2=CCCC=N2)nc(-c2c3cc4c(cc3c(-c3cccc5ccccc35)c3cc5c(cc23)C(C)(C)CCC5(C)C)CCCC4(C)C)n1. The Hall–Kier alpha value is -5.48. The molecule has 2 aliphatic carbocycles. The van der Waals surface area contributed by atoms with Crippen molar-refractivity contribution in [1.29, 1.82) is 0 Å². The van der Waals surface area contributed by atoms with Crippen molar-refractivity contribution in [3.05, 3.63) is 131 Å². The van der Waals surface area contributed by atoms with Gasteiger partial charge in [0.1, 0.15) is 5.70 Å². The summed E-state index contributed by atoms with van der Waals surface area (Å²) in [6.45, 7) is 16.8. The normalized spacial score (nSPS) is 17.9. The maximum Gasteiger partial charge on any atom is 0.182 e. The van der Waals surface area contributed by atoms with Crippen molar-refractivity contribution >= 4 is 44.2 Å². The summed E-state index contributed by atoms with van der Waals surface area (Å²) in [5.74, 6) is 2.06. The Balaban J connectivity index is 1.43. The lowest BCUT2D eigenvalue weighted by Crippen LogP contribution is -2.33. The molecule has 6 aromatic carbocycles. The third kappa shape index (κ3) is 5.93. The Labute approximate surface area is 343 Å². The van der Waals surface area contributed by atoms with Gasteiger partial charge in [0.25, 0.3) is 0 Å². The van der Waals surface area contributed by atoms with Gasteiger partial charge in [0.2, 0.25) is 0 Å². The fourth-order valence-electron chi connectivity index (χ4n) is 10.5. The summed E-state index contributed by atoms with van der Waals surface area (Å²) in [5, 5.41) is 7.50. The van der Waals surface area contributed by atoms with Crippen LogP contribution in [-0.2, 0) is 29.1 Å². The summed E-state index contributed by atoms with van der Waals surface area (Å²) < 4.78 is 0. The van der Waals surface area contributed by atoms with Crippen molar-refractivity contribution in [2.45, 2.75) is 116 Å². The molecule has 0 atom stereocenters. The zero-order valence-corrected chi connectivity index (χ0v) is 35.3. The zero-order chi connectivity index (χ0) is 40.0. The molecule has 0 amide bonds. The summed E-state index contributed by atoms with van der Waals surface area (Å²) in [5.41, 5.74) is 12.7. The first-order valence-electron chi connectivity index (χ1n) is 21.6. The van der Waals surface area contributed by atoms with Crippen LogP contribution in [0.1, 0.15) is 121 Å². The monoisotopic (exact) mass is 758 g/mol. The van der Waals surface area contributed by atoms with Gasteiger partial charge < -0.3 is 0 Å². The van der Waals surface area contributed by atoms with Crippen LogP contribution in [0.5, 0.6) is 0 Å². The minimum absolute atomic E-state index is 0.0137. The van der Waals surface area contributed by atoms with Crippen LogP contribution >= 0.6 is 0 Å². The van der Waals surface area contributed by atoms with Crippen LogP contribution in [0.2, 0.25) is 0 Å². The molecule has 0 radical (unpaired) electrons. The molecule has 0 saturated carbocycles. The number of hydrogen-bond acceptors (Lipinski definition) is 4. The number of aryl methyl sites for hydroxylation is 2. The first-order chi connectivity index (χ1) is 27.9. The minimum Gasteiger partial charge on any atom is -0.258 e. The highest BCUT2D eigenvalue weighted by atomic mass is 15.1. The van der Waals surface area contributed by atoms with Crippen molar-refractivity contribution in [2.24, 2.45) is 4.99 Å². The van der Waals surface area contributed by atoms with E-state index < -0.39 is 0 Å². The predicted molar refractivity (Wildman–Crippen MR) is 245 cm³/mol. The molecular weight excluding hydrogens is 705 g/mol. The van der Waals surface area contributed by atoms with Gasteiger partial charge >= 0.3 is 0 Å². The summed E-state index contributed by atoms with van der Waals surface area (Å²) in [6.07, 6.45) is 12.7. The number of nitrogens with zero attached hydrogens (tertiary/aromatic N) is 4. The molecule has 290 valence electrons. The number of aromatic nitrogens is 3. The van der Waals surface area contributed by atoms with E-state index in [0.717, 1.165) is 55.3 Å². The largest absolute Gasteiger partial charge is 0.258 e. The highest BCUT2D eigenvalue weighted by Crippen LogP contribution is 2.53. The van der Waals surface area contributed by atoms with E-state index in [4.69, 9.17) is 19.9 Å². The number of fused-ring (bicyclic) bond motifs is 5. The van der Waals surface area contributed by atoms with Crippen molar-refractivity contribution in [3.63, 3.8) is 0 Å². The smallest absolute Gasteiger partial charge is 0.182 e. The first kappa shape index (κ1) is 36.8. The Kier molecular flexibility index (Phi) is 8.60. The third-order valence-electron chi connectivity index (χ3n) is 13.9. The van der Waals surface area contributed by atoms with Gasteiger partial charge in [-0.05, 0) is 157 Å². The molecule has 58 heavy (non-hydrogen) atoms. The number of aliphatic imine (C=N–C) groups is 1. The Morgan fingerprint density at radius 3 is 1.88 bits per heavy atom. The Bertz CT molecular complexity index is 2880. The predicted octanol–water partition coefficient (Wildman–Crippen LogP) is 14.1. The number of benzene rings is 6. The molecule has 3 aliphatic rings. The first-order valence-corrected chi connectivity index (χ1v) is 21.6. The van der Waals surface area contributed by atoms with Crippen molar-refractivity contribution in [3.8, 4) is 33.9 Å². The lowest BCUT2D eigenvalue weighted by molar-refractivity contribution is 0.332. The topological polar surface area (TPSA) is 51.0 Å². The Morgan fingerprint density at radius 1 is 0.534 bits per heavy atom. The van der Waals surface area contributed by atoms with Crippen molar-refractivity contribution < 1.29 is 0 Å². The van der Waals surface area contributed by atoms with Crippen LogP contribution in [0.4, 0.5) is 0 Å². The van der Waals surface area contributed by atoms with Crippen LogP contribution in [0.3, 0.4) is 0 Å². The van der Waals surface area contributed by atoms with Gasteiger partial charge in [-0.3, -0.25) is 4.99 Å². The van der Waals surface area contributed by atoms with E-state index in [-0.39, 0.29) is 16.2 Å². The van der Waals surface area contributed by atoms with Gasteiger partial charge in [-0.2, -0.15) is 0 Å². The van der Waals surface area contributed by atoms with Crippen molar-refractivity contribution in [2.75, 3.05) is 0 Å². The van der Waals surface area contributed by atoms with Crippen LogP contribution in [0.25, 0.3) is 71.9 Å². The molecule has 0 N–H and O–H groups in total. The second-order valence-corrected chi connectivity index (χ2v) is 19.1. The van der Waals surface area contributed by atoms with E-state index in [1.807, 2.05) is 6.21 Å². The fraction of sp³-hybridized carbons (Fsp3) is 0.333. The average Bonchev–Trinajstić information content (AvgIpc) is 3.23. The molecule has 4 nitrogen and oxygen atoms in total. The van der Waals surface area contributed by atoms with Crippen LogP contribution in [0, 0.1) is 0 Å². The lowest BCUT2D eigenvalue weighted by Gasteiger charge is -2.42. The standard InChI is InChI=1S/C54H54N4/c1-8-33-17-9-12-22-37(33)49-56-50(46-24-13-14-28-55-46)58-51(57-49)48-41-30-43-35(20-16-25-52(43,2)3)29-39(41)47(38-23-15-19-34-18-10-11-21-36(34)38)40-31-44-45(32-42(40)48)54(6,7)27-26-53(44,4)5/h9-12,15,17-19,21-24,28-32H,8,13-14,16,20,25-27H2,1-7H3. The van der Waals surface area contributed by atoms with Gasteiger partial charge in [-0.1, -0.05) is 127 Å².